The fraction of sp³-hybridized carbons (Fsp3) is 0.417. The average Bonchev–Trinajstić information content (AvgIpc) is 2.84. The molecule has 1 saturated heterocycles. The van der Waals surface area contributed by atoms with E-state index >= 15 is 0 Å². The molecular weight excluding hydrogens is 477 g/mol. The lowest BCUT2D eigenvalue weighted by molar-refractivity contribution is -0.140. The molecule has 184 valence electrons. The topological polar surface area (TPSA) is 110 Å². The molecule has 1 aromatic heterocycles. The number of pyridine rings is 1. The van der Waals surface area contributed by atoms with Crippen LogP contribution in [-0.4, -0.2) is 66.8 Å². The SMILES string of the molecule is CN(C)c1cc2c(cc1Cl)N(C(=O)O)CC(C(=O)N1CCC(C#N)(Cc3ccc(F)nc3)CC1)O2. The lowest BCUT2D eigenvalue weighted by atomic mass is 9.75. The van der Waals surface area contributed by atoms with Crippen LogP contribution < -0.4 is 14.5 Å². The first-order valence-electron chi connectivity index (χ1n) is 11.1. The molecular formula is C24H25ClFN5O4. The lowest BCUT2D eigenvalue weighted by Gasteiger charge is -2.40. The van der Waals surface area contributed by atoms with E-state index in [1.807, 2.05) is 0 Å². The first-order chi connectivity index (χ1) is 16.6. The van der Waals surface area contributed by atoms with E-state index in [4.69, 9.17) is 16.3 Å². The van der Waals surface area contributed by atoms with Crippen LogP contribution in [0.2, 0.25) is 5.02 Å². The summed E-state index contributed by atoms with van der Waals surface area (Å²) in [5.74, 6) is -0.653. The van der Waals surface area contributed by atoms with Crippen molar-refractivity contribution < 1.29 is 23.8 Å². The molecule has 2 aliphatic rings. The minimum Gasteiger partial charge on any atom is -0.476 e. The van der Waals surface area contributed by atoms with Gasteiger partial charge in [0.05, 0.1) is 34.4 Å². The highest BCUT2D eigenvalue weighted by molar-refractivity contribution is 6.33. The van der Waals surface area contributed by atoms with Gasteiger partial charge in [-0.3, -0.25) is 9.69 Å². The molecule has 1 fully saturated rings. The number of carboxylic acid groups (broad SMARTS) is 1. The van der Waals surface area contributed by atoms with Crippen molar-refractivity contribution in [3.05, 3.63) is 47.0 Å². The Bertz CT molecular complexity index is 1180. The summed E-state index contributed by atoms with van der Waals surface area (Å²) in [6.45, 7) is 0.481. The number of amides is 2. The third kappa shape index (κ3) is 4.95. The number of fused-ring (bicyclic) bond motifs is 1. The third-order valence-corrected chi connectivity index (χ3v) is 6.83. The molecule has 0 saturated carbocycles. The van der Waals surface area contributed by atoms with Crippen molar-refractivity contribution in [2.75, 3.05) is 43.5 Å². The molecule has 0 bridgehead atoms. The highest BCUT2D eigenvalue weighted by Crippen LogP contribution is 2.41. The molecule has 2 aliphatic heterocycles. The number of likely N-dealkylation sites (tertiary alicyclic amines) is 1. The number of benzene rings is 1. The van der Waals surface area contributed by atoms with Gasteiger partial charge < -0.3 is 19.6 Å². The van der Waals surface area contributed by atoms with Crippen molar-refractivity contribution in [2.45, 2.75) is 25.4 Å². The third-order valence-electron chi connectivity index (χ3n) is 6.53. The van der Waals surface area contributed by atoms with Gasteiger partial charge in [0, 0.05) is 39.4 Å². The molecule has 1 aromatic carbocycles. The number of nitrogens with zero attached hydrogens (tertiary/aromatic N) is 5. The summed E-state index contributed by atoms with van der Waals surface area (Å²) in [5, 5.41) is 20.0. The second kappa shape index (κ2) is 9.58. The fourth-order valence-electron chi connectivity index (χ4n) is 4.53. The van der Waals surface area contributed by atoms with Gasteiger partial charge in [0.15, 0.2) is 6.10 Å². The number of hydrogen-bond donors (Lipinski definition) is 1. The number of nitriles is 1. The van der Waals surface area contributed by atoms with E-state index in [0.717, 1.165) is 10.5 Å². The van der Waals surface area contributed by atoms with Crippen LogP contribution in [0, 0.1) is 22.7 Å². The number of piperidine rings is 1. The largest absolute Gasteiger partial charge is 0.476 e. The average molecular weight is 502 g/mol. The van der Waals surface area contributed by atoms with E-state index in [1.165, 1.54) is 18.3 Å². The number of anilines is 2. The van der Waals surface area contributed by atoms with Crippen molar-refractivity contribution in [3.8, 4) is 11.8 Å². The Morgan fingerprint density at radius 1 is 1.34 bits per heavy atom. The maximum absolute atomic E-state index is 13.3. The monoisotopic (exact) mass is 501 g/mol. The van der Waals surface area contributed by atoms with Crippen molar-refractivity contribution in [3.63, 3.8) is 0 Å². The van der Waals surface area contributed by atoms with Gasteiger partial charge in [-0.05, 0) is 37.0 Å². The smallest absolute Gasteiger partial charge is 0.412 e. The molecule has 9 nitrogen and oxygen atoms in total. The summed E-state index contributed by atoms with van der Waals surface area (Å²) >= 11 is 6.31. The van der Waals surface area contributed by atoms with Crippen LogP contribution in [0.25, 0.3) is 0 Å². The van der Waals surface area contributed by atoms with E-state index in [-0.39, 0.29) is 23.9 Å². The summed E-state index contributed by atoms with van der Waals surface area (Å²) in [5.41, 5.74) is 0.983. The van der Waals surface area contributed by atoms with Crippen LogP contribution in [-0.2, 0) is 11.2 Å². The summed E-state index contributed by atoms with van der Waals surface area (Å²) in [6.07, 6.45) is 0.459. The molecule has 4 rings (SSSR count). The van der Waals surface area contributed by atoms with Gasteiger partial charge in [-0.25, -0.2) is 9.78 Å². The predicted octanol–water partition coefficient (Wildman–Crippen LogP) is 3.56. The van der Waals surface area contributed by atoms with E-state index in [0.29, 0.717) is 43.1 Å². The summed E-state index contributed by atoms with van der Waals surface area (Å²) < 4.78 is 19.1. The van der Waals surface area contributed by atoms with E-state index < -0.39 is 23.6 Å². The number of ether oxygens (including phenoxy) is 1. The maximum atomic E-state index is 13.3. The van der Waals surface area contributed by atoms with Crippen LogP contribution in [0.1, 0.15) is 18.4 Å². The van der Waals surface area contributed by atoms with Crippen molar-refractivity contribution in [1.29, 1.82) is 5.26 Å². The molecule has 0 radical (unpaired) electrons. The number of rotatable bonds is 4. The normalized spacial score (nSPS) is 18.8. The Labute approximate surface area is 207 Å². The van der Waals surface area contributed by atoms with Crippen LogP contribution in [0.3, 0.4) is 0 Å². The second-order valence-electron chi connectivity index (χ2n) is 9.05. The van der Waals surface area contributed by atoms with Gasteiger partial charge in [0.1, 0.15) is 5.75 Å². The summed E-state index contributed by atoms with van der Waals surface area (Å²) in [6, 6.07) is 8.41. The summed E-state index contributed by atoms with van der Waals surface area (Å²) in [7, 11) is 3.59. The van der Waals surface area contributed by atoms with Crippen molar-refractivity contribution in [1.82, 2.24) is 9.88 Å². The van der Waals surface area contributed by atoms with Crippen molar-refractivity contribution in [2.24, 2.45) is 5.41 Å². The van der Waals surface area contributed by atoms with Gasteiger partial charge in [0.25, 0.3) is 5.91 Å². The van der Waals surface area contributed by atoms with E-state index in [2.05, 4.69) is 11.1 Å². The Morgan fingerprint density at radius 3 is 2.63 bits per heavy atom. The predicted molar refractivity (Wildman–Crippen MR) is 127 cm³/mol. The number of aromatic nitrogens is 1. The van der Waals surface area contributed by atoms with Gasteiger partial charge >= 0.3 is 6.09 Å². The minimum absolute atomic E-state index is 0.167. The molecule has 3 heterocycles. The van der Waals surface area contributed by atoms with Gasteiger partial charge in [-0.1, -0.05) is 17.7 Å². The second-order valence-corrected chi connectivity index (χ2v) is 9.46. The van der Waals surface area contributed by atoms with Crippen LogP contribution in [0.5, 0.6) is 5.75 Å². The van der Waals surface area contributed by atoms with Gasteiger partial charge in [-0.15, -0.1) is 0 Å². The molecule has 11 heteroatoms. The molecule has 2 amide bonds. The molecule has 1 N–H and O–H groups in total. The zero-order valence-corrected chi connectivity index (χ0v) is 20.1. The lowest BCUT2D eigenvalue weighted by Crippen LogP contribution is -2.54. The number of carbonyl (C=O) groups is 2. The first kappa shape index (κ1) is 24.5. The van der Waals surface area contributed by atoms with Gasteiger partial charge in [0.2, 0.25) is 5.95 Å². The highest BCUT2D eigenvalue weighted by atomic mass is 35.5. The quantitative estimate of drug-likeness (QED) is 0.638. The zero-order valence-electron chi connectivity index (χ0n) is 19.4. The Balaban J connectivity index is 1.49. The fourth-order valence-corrected chi connectivity index (χ4v) is 4.86. The van der Waals surface area contributed by atoms with E-state index in [9.17, 15) is 24.3 Å². The standard InChI is InChI=1S/C24H25ClFN5O4/c1-29(2)17-10-19-18(9-16(17)25)31(23(33)34)13-20(35-19)22(32)30-7-5-24(14-27,6-8-30)11-15-3-4-21(26)28-12-15/h3-4,9-10,12,20H,5-8,11,13H2,1-2H3,(H,33,34). The number of hydrogen-bond acceptors (Lipinski definition) is 6. The Kier molecular flexibility index (Phi) is 6.72. The number of carbonyl (C=O) groups excluding carboxylic acids is 1. The Morgan fingerprint density at radius 2 is 2.06 bits per heavy atom. The van der Waals surface area contributed by atoms with Crippen LogP contribution >= 0.6 is 11.6 Å². The Hall–Kier alpha value is -3.58. The number of halogens is 2. The van der Waals surface area contributed by atoms with Crippen LogP contribution in [0.15, 0.2) is 30.5 Å². The molecule has 35 heavy (non-hydrogen) atoms. The molecule has 2 aromatic rings. The molecule has 1 unspecified atom stereocenters. The van der Waals surface area contributed by atoms with Crippen molar-refractivity contribution >= 4 is 35.0 Å². The maximum Gasteiger partial charge on any atom is 0.412 e. The van der Waals surface area contributed by atoms with Crippen LogP contribution in [0.4, 0.5) is 20.6 Å². The van der Waals surface area contributed by atoms with E-state index in [1.54, 1.807) is 36.0 Å². The molecule has 0 aliphatic carbocycles. The highest BCUT2D eigenvalue weighted by Gasteiger charge is 2.41. The minimum atomic E-state index is -1.21. The zero-order chi connectivity index (χ0) is 25.3. The summed E-state index contributed by atoms with van der Waals surface area (Å²) in [4.78, 5) is 33.4. The first-order valence-corrected chi connectivity index (χ1v) is 11.5. The van der Waals surface area contributed by atoms with Gasteiger partial charge in [-0.2, -0.15) is 9.65 Å². The molecule has 0 spiro atoms. The molecule has 1 atom stereocenters.